The van der Waals surface area contributed by atoms with Crippen molar-refractivity contribution in [3.63, 3.8) is 0 Å². The predicted molar refractivity (Wildman–Crippen MR) is 96.2 cm³/mol. The maximum Gasteiger partial charge on any atom is 0.312 e. The molecule has 1 amide bonds. The molecule has 1 unspecified atom stereocenters. The number of carbonyl (C=O) groups excluding carboxylic acids is 2. The lowest BCUT2D eigenvalue weighted by molar-refractivity contribution is -0.152. The number of hydrogen-bond donors (Lipinski definition) is 1. The lowest BCUT2D eigenvalue weighted by atomic mass is 10.2. The molecule has 144 valence electrons. The predicted octanol–water partition coefficient (Wildman–Crippen LogP) is 3.73. The number of esters is 1. The van der Waals surface area contributed by atoms with E-state index in [1.165, 1.54) is 13.2 Å². The first kappa shape index (κ1) is 19.2. The van der Waals surface area contributed by atoms with Crippen LogP contribution in [0, 0.1) is 11.6 Å². The number of oxazole rings is 1. The van der Waals surface area contributed by atoms with E-state index in [-0.39, 0.29) is 12.1 Å². The Morgan fingerprint density at radius 1 is 1.18 bits per heavy atom. The van der Waals surface area contributed by atoms with Gasteiger partial charge in [-0.1, -0.05) is 18.2 Å². The molecule has 0 aliphatic heterocycles. The van der Waals surface area contributed by atoms with Gasteiger partial charge in [-0.3, -0.25) is 9.59 Å². The maximum atomic E-state index is 13.6. The maximum absolute atomic E-state index is 13.6. The average molecular weight is 386 g/mol. The molecule has 2 aromatic carbocycles. The highest BCUT2D eigenvalue weighted by Gasteiger charge is 2.20. The molecule has 0 saturated heterocycles. The smallest absolute Gasteiger partial charge is 0.312 e. The zero-order chi connectivity index (χ0) is 20.1. The summed E-state index contributed by atoms with van der Waals surface area (Å²) in [4.78, 5) is 28.3. The van der Waals surface area contributed by atoms with Gasteiger partial charge in [0.1, 0.15) is 17.9 Å². The number of nitrogens with zero attached hydrogens (tertiary/aromatic N) is 1. The van der Waals surface area contributed by atoms with Crippen LogP contribution in [0.4, 0.5) is 14.5 Å². The summed E-state index contributed by atoms with van der Waals surface area (Å²) in [6.07, 6.45) is -0.0430. The molecule has 1 heterocycles. The molecular formula is C20H16F2N2O4. The Bertz CT molecular complexity index is 989. The van der Waals surface area contributed by atoms with Crippen molar-refractivity contribution in [1.29, 1.82) is 0 Å². The highest BCUT2D eigenvalue weighted by Crippen LogP contribution is 2.19. The van der Waals surface area contributed by atoms with E-state index in [1.807, 2.05) is 30.3 Å². The van der Waals surface area contributed by atoms with Crippen LogP contribution in [-0.4, -0.2) is 23.0 Å². The number of rotatable bonds is 6. The van der Waals surface area contributed by atoms with E-state index in [1.54, 1.807) is 0 Å². The first-order valence-electron chi connectivity index (χ1n) is 8.37. The monoisotopic (exact) mass is 386 g/mol. The van der Waals surface area contributed by atoms with Crippen LogP contribution >= 0.6 is 0 Å². The van der Waals surface area contributed by atoms with Crippen LogP contribution in [0.3, 0.4) is 0 Å². The van der Waals surface area contributed by atoms with Gasteiger partial charge in [-0.2, -0.15) is 0 Å². The molecule has 3 aromatic rings. The highest BCUT2D eigenvalue weighted by atomic mass is 19.1. The van der Waals surface area contributed by atoms with Gasteiger partial charge in [0.05, 0.1) is 17.8 Å². The van der Waals surface area contributed by atoms with Gasteiger partial charge >= 0.3 is 5.97 Å². The van der Waals surface area contributed by atoms with Crippen LogP contribution in [0.15, 0.2) is 59.2 Å². The van der Waals surface area contributed by atoms with Crippen LogP contribution in [0.1, 0.15) is 12.6 Å². The van der Waals surface area contributed by atoms with E-state index in [0.717, 1.165) is 17.7 Å². The number of hydrogen-bond acceptors (Lipinski definition) is 5. The van der Waals surface area contributed by atoms with Crippen molar-refractivity contribution in [2.75, 3.05) is 5.32 Å². The number of nitrogens with one attached hydrogen (secondary N) is 1. The molecular weight excluding hydrogens is 370 g/mol. The molecule has 0 aliphatic rings. The van der Waals surface area contributed by atoms with E-state index in [4.69, 9.17) is 9.15 Å². The number of anilines is 1. The van der Waals surface area contributed by atoms with E-state index in [9.17, 15) is 18.4 Å². The fraction of sp³-hybridized carbons (Fsp3) is 0.150. The Morgan fingerprint density at radius 3 is 2.64 bits per heavy atom. The number of halogens is 2. The van der Waals surface area contributed by atoms with Crippen molar-refractivity contribution in [1.82, 2.24) is 4.98 Å². The highest BCUT2D eigenvalue weighted by molar-refractivity contribution is 5.95. The number of aromatic nitrogens is 1. The van der Waals surface area contributed by atoms with Gasteiger partial charge in [0.25, 0.3) is 5.91 Å². The third kappa shape index (κ3) is 4.79. The Balaban J connectivity index is 1.55. The average Bonchev–Trinajstić information content (AvgIpc) is 3.13. The first-order valence-corrected chi connectivity index (χ1v) is 8.37. The van der Waals surface area contributed by atoms with Gasteiger partial charge in [-0.25, -0.2) is 13.8 Å². The lowest BCUT2D eigenvalue weighted by Gasteiger charge is -2.13. The molecule has 6 nitrogen and oxygen atoms in total. The summed E-state index contributed by atoms with van der Waals surface area (Å²) in [5, 5.41) is 2.24. The van der Waals surface area contributed by atoms with Gasteiger partial charge < -0.3 is 14.5 Å². The largest absolute Gasteiger partial charge is 0.452 e. The molecule has 1 aromatic heterocycles. The summed E-state index contributed by atoms with van der Waals surface area (Å²) >= 11 is 0. The Hall–Kier alpha value is -3.55. The summed E-state index contributed by atoms with van der Waals surface area (Å²) in [5.41, 5.74) is 0.899. The summed E-state index contributed by atoms with van der Waals surface area (Å²) in [6.45, 7) is 1.34. The van der Waals surface area contributed by atoms with E-state index < -0.39 is 29.6 Å². The minimum atomic E-state index is -1.18. The van der Waals surface area contributed by atoms with Gasteiger partial charge in [0, 0.05) is 11.6 Å². The summed E-state index contributed by atoms with van der Waals surface area (Å²) in [7, 11) is 0. The quantitative estimate of drug-likeness (QED) is 0.653. The van der Waals surface area contributed by atoms with Crippen LogP contribution in [0.2, 0.25) is 0 Å². The van der Waals surface area contributed by atoms with Crippen LogP contribution in [0.5, 0.6) is 0 Å². The second-order valence-corrected chi connectivity index (χ2v) is 5.93. The summed E-state index contributed by atoms with van der Waals surface area (Å²) < 4.78 is 36.9. The van der Waals surface area contributed by atoms with Crippen molar-refractivity contribution in [3.8, 4) is 11.5 Å². The summed E-state index contributed by atoms with van der Waals surface area (Å²) in [6, 6.07) is 11.9. The Morgan fingerprint density at radius 2 is 1.93 bits per heavy atom. The number of amides is 1. The molecule has 8 heteroatoms. The zero-order valence-corrected chi connectivity index (χ0v) is 14.8. The fourth-order valence-electron chi connectivity index (χ4n) is 2.37. The second kappa shape index (κ2) is 8.43. The molecule has 0 saturated carbocycles. The van der Waals surface area contributed by atoms with Crippen molar-refractivity contribution in [2.24, 2.45) is 0 Å². The van der Waals surface area contributed by atoms with E-state index in [2.05, 4.69) is 10.3 Å². The number of ether oxygens (including phenoxy) is 1. The molecule has 1 N–H and O–H groups in total. The van der Waals surface area contributed by atoms with Crippen molar-refractivity contribution in [3.05, 3.63) is 72.1 Å². The standard InChI is InChI=1S/C20H16F2N2O4/c1-12(19(26)24-17-8-7-14(21)9-16(17)22)28-18(25)10-15-11-27-20(23-15)13-5-3-2-4-6-13/h2-9,11-12H,10H2,1H3,(H,24,26). The van der Waals surface area contributed by atoms with Gasteiger partial charge in [0.2, 0.25) is 5.89 Å². The summed E-state index contributed by atoms with van der Waals surface area (Å²) in [5.74, 6) is -2.78. The second-order valence-electron chi connectivity index (χ2n) is 5.93. The first-order chi connectivity index (χ1) is 13.4. The third-order valence-corrected chi connectivity index (χ3v) is 3.76. The molecule has 0 radical (unpaired) electrons. The molecule has 0 spiro atoms. The SMILES string of the molecule is CC(OC(=O)Cc1coc(-c2ccccc2)n1)C(=O)Nc1ccc(F)cc1F. The van der Waals surface area contributed by atoms with Crippen molar-refractivity contribution >= 4 is 17.6 Å². The topological polar surface area (TPSA) is 81.4 Å². The molecule has 0 fully saturated rings. The van der Waals surface area contributed by atoms with Crippen LogP contribution in [0.25, 0.3) is 11.5 Å². The van der Waals surface area contributed by atoms with Crippen molar-refractivity contribution < 1.29 is 27.5 Å². The van der Waals surface area contributed by atoms with E-state index in [0.29, 0.717) is 17.7 Å². The minimum Gasteiger partial charge on any atom is -0.452 e. The molecule has 28 heavy (non-hydrogen) atoms. The third-order valence-electron chi connectivity index (χ3n) is 3.76. The molecule has 0 bridgehead atoms. The number of carbonyl (C=O) groups is 2. The van der Waals surface area contributed by atoms with Crippen LogP contribution < -0.4 is 5.32 Å². The Kier molecular flexibility index (Phi) is 5.78. The molecule has 1 atom stereocenters. The molecule has 3 rings (SSSR count). The number of benzene rings is 2. The fourth-order valence-corrected chi connectivity index (χ4v) is 2.37. The minimum absolute atomic E-state index is 0.196. The Labute approximate surface area is 159 Å². The van der Waals surface area contributed by atoms with Gasteiger partial charge in [0.15, 0.2) is 6.10 Å². The van der Waals surface area contributed by atoms with Crippen LogP contribution in [-0.2, 0) is 20.7 Å². The van der Waals surface area contributed by atoms with Gasteiger partial charge in [-0.15, -0.1) is 0 Å². The molecule has 0 aliphatic carbocycles. The normalized spacial score (nSPS) is 11.7. The van der Waals surface area contributed by atoms with Gasteiger partial charge in [-0.05, 0) is 31.2 Å². The van der Waals surface area contributed by atoms with Crippen molar-refractivity contribution in [2.45, 2.75) is 19.4 Å². The zero-order valence-electron chi connectivity index (χ0n) is 14.8. The lowest BCUT2D eigenvalue weighted by Crippen LogP contribution is -2.30. The van der Waals surface area contributed by atoms with E-state index >= 15 is 0 Å².